The molecule has 0 spiro atoms. The second kappa shape index (κ2) is 6.61. The predicted octanol–water partition coefficient (Wildman–Crippen LogP) is 3.23. The smallest absolute Gasteiger partial charge is 0.148 e. The maximum Gasteiger partial charge on any atom is 0.148 e. The molecule has 1 aromatic heterocycles. The highest BCUT2D eigenvalue weighted by atomic mass is 16.5. The number of hydrogen-bond acceptors (Lipinski definition) is 4. The Labute approximate surface area is 146 Å². The molecule has 3 aromatic rings. The van der Waals surface area contributed by atoms with Gasteiger partial charge in [-0.05, 0) is 42.8 Å². The lowest BCUT2D eigenvalue weighted by atomic mass is 10.1. The van der Waals surface area contributed by atoms with Crippen LogP contribution in [-0.4, -0.2) is 34.0 Å². The van der Waals surface area contributed by atoms with E-state index in [1.807, 2.05) is 47.2 Å². The molecule has 0 fully saturated rings. The van der Waals surface area contributed by atoms with E-state index in [1.54, 1.807) is 6.20 Å². The van der Waals surface area contributed by atoms with Gasteiger partial charge >= 0.3 is 0 Å². The Morgan fingerprint density at radius 3 is 3.04 bits per heavy atom. The number of aliphatic hydroxyl groups is 1. The first-order valence-electron chi connectivity index (χ1n) is 8.42. The Balaban J connectivity index is 1.74. The van der Waals surface area contributed by atoms with Crippen LogP contribution < -0.4 is 9.47 Å². The van der Waals surface area contributed by atoms with Gasteiger partial charge in [-0.2, -0.15) is 0 Å². The van der Waals surface area contributed by atoms with Gasteiger partial charge < -0.3 is 14.6 Å². The number of aromatic nitrogens is 2. The number of benzene rings is 2. The van der Waals surface area contributed by atoms with Crippen LogP contribution in [0.25, 0.3) is 17.1 Å². The summed E-state index contributed by atoms with van der Waals surface area (Å²) in [6.45, 7) is 2.31. The molecule has 4 rings (SSSR count). The Bertz CT molecular complexity index is 888. The first-order chi connectivity index (χ1) is 12.3. The molecule has 1 atom stereocenters. The van der Waals surface area contributed by atoms with Crippen LogP contribution >= 0.6 is 0 Å². The van der Waals surface area contributed by atoms with Crippen LogP contribution in [0, 0.1) is 0 Å². The van der Waals surface area contributed by atoms with Gasteiger partial charge in [-0.3, -0.25) is 4.57 Å². The number of imidazole rings is 1. The molecule has 2 aromatic carbocycles. The van der Waals surface area contributed by atoms with Crippen LogP contribution in [0.4, 0.5) is 0 Å². The van der Waals surface area contributed by atoms with Crippen molar-refractivity contribution in [1.29, 1.82) is 0 Å². The lowest BCUT2D eigenvalue weighted by Gasteiger charge is -2.13. The summed E-state index contributed by atoms with van der Waals surface area (Å²) >= 11 is 0. The van der Waals surface area contributed by atoms with Crippen molar-refractivity contribution in [3.8, 4) is 28.6 Å². The molecule has 0 aliphatic carbocycles. The van der Waals surface area contributed by atoms with Gasteiger partial charge in [-0.1, -0.05) is 12.1 Å². The average molecular weight is 336 g/mol. The SMILES string of the molecule is CC1Cc2cc(-n3ccnc3-c3ccccc3OCCO)ccc2O1. The van der Waals surface area contributed by atoms with Gasteiger partial charge in [-0.25, -0.2) is 4.98 Å². The number of fused-ring (bicyclic) bond motifs is 1. The number of ether oxygens (including phenoxy) is 2. The highest BCUT2D eigenvalue weighted by Gasteiger charge is 2.20. The lowest BCUT2D eigenvalue weighted by molar-refractivity contribution is 0.202. The summed E-state index contributed by atoms with van der Waals surface area (Å²) in [4.78, 5) is 4.53. The highest BCUT2D eigenvalue weighted by Crippen LogP contribution is 2.34. The maximum absolute atomic E-state index is 9.03. The van der Waals surface area contributed by atoms with Crippen molar-refractivity contribution >= 4 is 0 Å². The summed E-state index contributed by atoms with van der Waals surface area (Å²) < 4.78 is 13.5. The number of hydrogen-bond donors (Lipinski definition) is 1. The zero-order valence-electron chi connectivity index (χ0n) is 14.1. The zero-order chi connectivity index (χ0) is 17.2. The standard InChI is InChI=1S/C20H20N2O3/c1-14-12-15-13-16(6-7-18(15)25-14)22-9-8-21-20(22)17-4-2-3-5-19(17)24-11-10-23/h2-9,13-14,23H,10-12H2,1H3. The minimum absolute atomic E-state index is 0.0220. The van der Waals surface area contributed by atoms with Crippen molar-refractivity contribution in [2.45, 2.75) is 19.4 Å². The summed E-state index contributed by atoms with van der Waals surface area (Å²) in [6.07, 6.45) is 4.87. The summed E-state index contributed by atoms with van der Waals surface area (Å²) in [5, 5.41) is 9.03. The minimum atomic E-state index is -0.0220. The molecule has 5 heteroatoms. The van der Waals surface area contributed by atoms with Crippen molar-refractivity contribution in [2.75, 3.05) is 13.2 Å². The molecule has 2 heterocycles. The minimum Gasteiger partial charge on any atom is -0.490 e. The van der Waals surface area contributed by atoms with Gasteiger partial charge in [0.05, 0.1) is 12.2 Å². The Kier molecular flexibility index (Phi) is 4.15. The number of para-hydroxylation sites is 1. The Morgan fingerprint density at radius 2 is 2.16 bits per heavy atom. The molecule has 0 bridgehead atoms. The third kappa shape index (κ3) is 2.98. The van der Waals surface area contributed by atoms with E-state index in [0.717, 1.165) is 29.2 Å². The lowest BCUT2D eigenvalue weighted by Crippen LogP contribution is -2.05. The van der Waals surface area contributed by atoms with Crippen molar-refractivity contribution in [2.24, 2.45) is 0 Å². The van der Waals surface area contributed by atoms with E-state index in [-0.39, 0.29) is 19.3 Å². The van der Waals surface area contributed by atoms with Crippen molar-refractivity contribution in [1.82, 2.24) is 9.55 Å². The van der Waals surface area contributed by atoms with Gasteiger partial charge in [0.1, 0.15) is 30.0 Å². The van der Waals surface area contributed by atoms with Crippen molar-refractivity contribution in [3.05, 3.63) is 60.4 Å². The van der Waals surface area contributed by atoms with Crippen LogP contribution in [0.1, 0.15) is 12.5 Å². The van der Waals surface area contributed by atoms with E-state index in [0.29, 0.717) is 5.75 Å². The van der Waals surface area contributed by atoms with E-state index in [2.05, 4.69) is 18.0 Å². The van der Waals surface area contributed by atoms with Gasteiger partial charge in [-0.15, -0.1) is 0 Å². The number of nitrogens with zero attached hydrogens (tertiary/aromatic N) is 2. The first-order valence-corrected chi connectivity index (χ1v) is 8.42. The molecule has 0 radical (unpaired) electrons. The third-order valence-corrected chi connectivity index (χ3v) is 4.28. The normalized spacial score (nSPS) is 15.7. The molecule has 0 saturated heterocycles. The highest BCUT2D eigenvalue weighted by molar-refractivity contribution is 5.66. The molecule has 1 aliphatic heterocycles. The van der Waals surface area contributed by atoms with Gasteiger partial charge in [0.2, 0.25) is 0 Å². The third-order valence-electron chi connectivity index (χ3n) is 4.28. The second-order valence-electron chi connectivity index (χ2n) is 6.11. The zero-order valence-corrected chi connectivity index (χ0v) is 14.1. The van der Waals surface area contributed by atoms with E-state index in [9.17, 15) is 0 Å². The van der Waals surface area contributed by atoms with Gasteiger partial charge in [0, 0.05) is 24.5 Å². The van der Waals surface area contributed by atoms with Crippen LogP contribution in [0.2, 0.25) is 0 Å². The summed E-state index contributed by atoms with van der Waals surface area (Å²) in [6, 6.07) is 14.0. The predicted molar refractivity (Wildman–Crippen MR) is 95.4 cm³/mol. The Hall–Kier alpha value is -2.79. The van der Waals surface area contributed by atoms with Crippen molar-refractivity contribution < 1.29 is 14.6 Å². The fourth-order valence-electron chi connectivity index (χ4n) is 3.20. The summed E-state index contributed by atoms with van der Waals surface area (Å²) in [5.74, 6) is 2.48. The van der Waals surface area contributed by atoms with E-state index in [1.165, 1.54) is 5.56 Å². The first kappa shape index (κ1) is 15.7. The molecule has 128 valence electrons. The van der Waals surface area contributed by atoms with Gasteiger partial charge in [0.15, 0.2) is 0 Å². The number of aliphatic hydroxyl groups excluding tert-OH is 1. The van der Waals surface area contributed by atoms with Crippen LogP contribution in [0.5, 0.6) is 11.5 Å². The monoisotopic (exact) mass is 336 g/mol. The molecular weight excluding hydrogens is 316 g/mol. The molecule has 5 nitrogen and oxygen atoms in total. The van der Waals surface area contributed by atoms with Crippen LogP contribution in [-0.2, 0) is 6.42 Å². The molecule has 25 heavy (non-hydrogen) atoms. The fourth-order valence-corrected chi connectivity index (χ4v) is 3.20. The molecular formula is C20H20N2O3. The summed E-state index contributed by atoms with van der Waals surface area (Å²) in [7, 11) is 0. The average Bonchev–Trinajstić information content (AvgIpc) is 3.25. The largest absolute Gasteiger partial charge is 0.490 e. The quantitative estimate of drug-likeness (QED) is 0.777. The Morgan fingerprint density at radius 1 is 1.28 bits per heavy atom. The maximum atomic E-state index is 9.03. The molecule has 1 aliphatic rings. The van der Waals surface area contributed by atoms with E-state index < -0.39 is 0 Å². The molecule has 0 amide bonds. The fraction of sp³-hybridized carbons (Fsp3) is 0.250. The summed E-state index contributed by atoms with van der Waals surface area (Å²) in [5.41, 5.74) is 3.15. The van der Waals surface area contributed by atoms with E-state index in [4.69, 9.17) is 14.6 Å². The molecule has 1 N–H and O–H groups in total. The molecule has 0 saturated carbocycles. The van der Waals surface area contributed by atoms with E-state index >= 15 is 0 Å². The topological polar surface area (TPSA) is 56.5 Å². The van der Waals surface area contributed by atoms with Crippen LogP contribution in [0.15, 0.2) is 54.9 Å². The second-order valence-corrected chi connectivity index (χ2v) is 6.11. The number of rotatable bonds is 5. The molecule has 1 unspecified atom stereocenters. The van der Waals surface area contributed by atoms with Crippen molar-refractivity contribution in [3.63, 3.8) is 0 Å². The van der Waals surface area contributed by atoms with Crippen LogP contribution in [0.3, 0.4) is 0 Å². The van der Waals surface area contributed by atoms with Gasteiger partial charge in [0.25, 0.3) is 0 Å².